The third-order valence-corrected chi connectivity index (χ3v) is 5.61. The molecular formula is C22H36N4O4. The molecule has 0 amide bonds. The van der Waals surface area contributed by atoms with Crippen LogP contribution in [0.5, 0.6) is 11.5 Å². The Balaban J connectivity index is 1.75. The summed E-state index contributed by atoms with van der Waals surface area (Å²) in [5, 5.41) is 6.91. The lowest BCUT2D eigenvalue weighted by atomic mass is 9.89. The van der Waals surface area contributed by atoms with E-state index >= 15 is 0 Å². The predicted octanol–water partition coefficient (Wildman–Crippen LogP) is 1.67. The van der Waals surface area contributed by atoms with Crippen molar-refractivity contribution in [2.24, 2.45) is 10.4 Å². The molecule has 3 rings (SSSR count). The van der Waals surface area contributed by atoms with Gasteiger partial charge in [-0.15, -0.1) is 0 Å². The first kappa shape index (κ1) is 22.7. The van der Waals surface area contributed by atoms with Crippen LogP contribution in [-0.4, -0.2) is 84.2 Å². The molecule has 2 fully saturated rings. The number of nitrogens with one attached hydrogen (secondary N) is 2. The summed E-state index contributed by atoms with van der Waals surface area (Å²) in [7, 11) is 3.33. The molecule has 30 heavy (non-hydrogen) atoms. The molecule has 2 heterocycles. The second-order valence-electron chi connectivity index (χ2n) is 8.16. The summed E-state index contributed by atoms with van der Waals surface area (Å²) < 4.78 is 21.9. The molecule has 0 saturated carbocycles. The molecule has 2 N–H and O–H groups in total. The molecule has 168 valence electrons. The van der Waals surface area contributed by atoms with Crippen LogP contribution in [0.2, 0.25) is 0 Å². The number of aliphatic imine (C=N–C) groups is 1. The van der Waals surface area contributed by atoms with Crippen molar-refractivity contribution in [3.05, 3.63) is 23.8 Å². The van der Waals surface area contributed by atoms with Crippen LogP contribution in [0.3, 0.4) is 0 Å². The van der Waals surface area contributed by atoms with Gasteiger partial charge in [-0.2, -0.15) is 0 Å². The Morgan fingerprint density at radius 1 is 1.13 bits per heavy atom. The van der Waals surface area contributed by atoms with Gasteiger partial charge in [0.1, 0.15) is 0 Å². The highest BCUT2D eigenvalue weighted by Crippen LogP contribution is 2.32. The van der Waals surface area contributed by atoms with Crippen LogP contribution in [0.15, 0.2) is 23.2 Å². The first-order valence-corrected chi connectivity index (χ1v) is 10.7. The van der Waals surface area contributed by atoms with E-state index in [-0.39, 0.29) is 11.5 Å². The van der Waals surface area contributed by atoms with E-state index in [0.717, 1.165) is 76.6 Å². The van der Waals surface area contributed by atoms with Gasteiger partial charge < -0.3 is 29.6 Å². The standard InChI is InChI=1S/C22H36N4O4/c1-5-23-21(25-14-22(2)15-30-16-22)24-13-18(26-8-10-29-11-9-26)17-6-7-19(27-3)20(12-17)28-4/h6-7,12,18H,5,8-11,13-16H2,1-4H3,(H2,23,24,25). The van der Waals surface area contributed by atoms with E-state index in [9.17, 15) is 0 Å². The molecule has 2 saturated heterocycles. The molecule has 1 aromatic rings. The maximum atomic E-state index is 5.57. The largest absolute Gasteiger partial charge is 0.493 e. The number of rotatable bonds is 9. The van der Waals surface area contributed by atoms with E-state index in [0.29, 0.717) is 0 Å². The Hall–Kier alpha value is -2.03. The predicted molar refractivity (Wildman–Crippen MR) is 118 cm³/mol. The van der Waals surface area contributed by atoms with Crippen LogP contribution in [-0.2, 0) is 9.47 Å². The van der Waals surface area contributed by atoms with Crippen LogP contribution >= 0.6 is 0 Å². The van der Waals surface area contributed by atoms with Gasteiger partial charge in [-0.1, -0.05) is 13.0 Å². The molecule has 0 bridgehead atoms. The highest BCUT2D eigenvalue weighted by Gasteiger charge is 2.33. The highest BCUT2D eigenvalue weighted by molar-refractivity contribution is 5.79. The van der Waals surface area contributed by atoms with Crippen LogP contribution in [0.1, 0.15) is 25.5 Å². The van der Waals surface area contributed by atoms with Crippen LogP contribution < -0.4 is 20.1 Å². The molecule has 0 spiro atoms. The fourth-order valence-electron chi connectivity index (χ4n) is 3.75. The Bertz CT molecular complexity index is 702. The Morgan fingerprint density at radius 2 is 1.87 bits per heavy atom. The number of nitrogens with zero attached hydrogens (tertiary/aromatic N) is 2. The summed E-state index contributed by atoms with van der Waals surface area (Å²) in [6.45, 7) is 11.4. The lowest BCUT2D eigenvalue weighted by Gasteiger charge is -2.37. The normalized spacial score (nSPS) is 20.2. The van der Waals surface area contributed by atoms with Crippen molar-refractivity contribution < 1.29 is 18.9 Å². The molecule has 2 aliphatic rings. The zero-order valence-corrected chi connectivity index (χ0v) is 18.7. The Morgan fingerprint density at radius 3 is 2.47 bits per heavy atom. The third-order valence-electron chi connectivity index (χ3n) is 5.61. The van der Waals surface area contributed by atoms with Crippen molar-refractivity contribution in [1.29, 1.82) is 0 Å². The van der Waals surface area contributed by atoms with Gasteiger partial charge in [0.25, 0.3) is 0 Å². The Labute approximate surface area is 179 Å². The molecular weight excluding hydrogens is 384 g/mol. The molecule has 1 unspecified atom stereocenters. The van der Waals surface area contributed by atoms with Crippen LogP contribution in [0, 0.1) is 5.41 Å². The van der Waals surface area contributed by atoms with E-state index in [1.54, 1.807) is 14.2 Å². The van der Waals surface area contributed by atoms with Crippen LogP contribution in [0.25, 0.3) is 0 Å². The molecule has 0 aliphatic carbocycles. The van der Waals surface area contributed by atoms with Gasteiger partial charge in [0.05, 0.1) is 53.2 Å². The summed E-state index contributed by atoms with van der Waals surface area (Å²) in [5.41, 5.74) is 1.33. The number of hydrogen-bond donors (Lipinski definition) is 2. The number of ether oxygens (including phenoxy) is 4. The Kier molecular flexibility index (Phi) is 8.18. The maximum Gasteiger partial charge on any atom is 0.191 e. The van der Waals surface area contributed by atoms with Gasteiger partial charge >= 0.3 is 0 Å². The molecule has 1 aromatic carbocycles. The summed E-state index contributed by atoms with van der Waals surface area (Å²) in [5.74, 6) is 2.32. The smallest absolute Gasteiger partial charge is 0.191 e. The van der Waals surface area contributed by atoms with Gasteiger partial charge in [0.2, 0.25) is 0 Å². The minimum Gasteiger partial charge on any atom is -0.493 e. The van der Waals surface area contributed by atoms with Crippen molar-refractivity contribution in [1.82, 2.24) is 15.5 Å². The minimum absolute atomic E-state index is 0.148. The molecule has 0 aromatic heterocycles. The fourth-order valence-corrected chi connectivity index (χ4v) is 3.75. The van der Waals surface area contributed by atoms with Crippen molar-refractivity contribution >= 4 is 5.96 Å². The van der Waals surface area contributed by atoms with Crippen molar-refractivity contribution in [3.8, 4) is 11.5 Å². The molecule has 8 nitrogen and oxygen atoms in total. The van der Waals surface area contributed by atoms with E-state index in [1.165, 1.54) is 5.56 Å². The van der Waals surface area contributed by atoms with Crippen LogP contribution in [0.4, 0.5) is 0 Å². The topological polar surface area (TPSA) is 76.6 Å². The second kappa shape index (κ2) is 10.8. The van der Waals surface area contributed by atoms with Gasteiger partial charge in [0.15, 0.2) is 17.5 Å². The number of hydrogen-bond acceptors (Lipinski definition) is 6. The second-order valence-corrected chi connectivity index (χ2v) is 8.16. The summed E-state index contributed by atoms with van der Waals surface area (Å²) in [6, 6.07) is 6.32. The number of morpholine rings is 1. The molecule has 2 aliphatic heterocycles. The average molecular weight is 421 g/mol. The first-order valence-electron chi connectivity index (χ1n) is 10.7. The van der Waals surface area contributed by atoms with E-state index in [2.05, 4.69) is 41.5 Å². The summed E-state index contributed by atoms with van der Waals surface area (Å²) in [4.78, 5) is 7.25. The zero-order valence-electron chi connectivity index (χ0n) is 18.7. The molecule has 8 heteroatoms. The monoisotopic (exact) mass is 420 g/mol. The SMILES string of the molecule is CCNC(=NCC1(C)COC1)NCC(c1ccc(OC)c(OC)c1)N1CCOCC1. The number of methoxy groups -OCH3 is 2. The van der Waals surface area contributed by atoms with Crippen molar-refractivity contribution in [2.45, 2.75) is 19.9 Å². The highest BCUT2D eigenvalue weighted by atomic mass is 16.5. The van der Waals surface area contributed by atoms with Gasteiger partial charge in [-0.25, -0.2) is 0 Å². The van der Waals surface area contributed by atoms with E-state index < -0.39 is 0 Å². The number of benzene rings is 1. The van der Waals surface area contributed by atoms with Gasteiger partial charge in [-0.3, -0.25) is 9.89 Å². The van der Waals surface area contributed by atoms with E-state index in [1.807, 2.05) is 6.07 Å². The number of guanidine groups is 1. The molecule has 0 radical (unpaired) electrons. The van der Waals surface area contributed by atoms with Gasteiger partial charge in [0, 0.05) is 31.6 Å². The molecule has 1 atom stereocenters. The summed E-state index contributed by atoms with van der Waals surface area (Å²) >= 11 is 0. The average Bonchev–Trinajstić information content (AvgIpc) is 2.76. The van der Waals surface area contributed by atoms with Crippen molar-refractivity contribution in [3.63, 3.8) is 0 Å². The maximum absolute atomic E-state index is 5.57. The third kappa shape index (κ3) is 5.77. The first-order chi connectivity index (χ1) is 14.6. The fraction of sp³-hybridized carbons (Fsp3) is 0.682. The van der Waals surface area contributed by atoms with Crippen molar-refractivity contribution in [2.75, 3.05) is 73.4 Å². The zero-order chi connectivity index (χ0) is 21.4. The quantitative estimate of drug-likeness (QED) is 0.465. The lowest BCUT2D eigenvalue weighted by molar-refractivity contribution is -0.0945. The van der Waals surface area contributed by atoms with Gasteiger partial charge in [-0.05, 0) is 24.6 Å². The van der Waals surface area contributed by atoms with E-state index in [4.69, 9.17) is 23.9 Å². The summed E-state index contributed by atoms with van der Waals surface area (Å²) in [6.07, 6.45) is 0. The lowest BCUT2D eigenvalue weighted by Crippen LogP contribution is -2.47. The minimum atomic E-state index is 0.148.